The maximum atomic E-state index is 4.52. The highest BCUT2D eigenvalue weighted by Crippen LogP contribution is 2.35. The van der Waals surface area contributed by atoms with E-state index in [4.69, 9.17) is 0 Å². The van der Waals surface area contributed by atoms with Crippen LogP contribution >= 0.6 is 59.1 Å². The zero-order valence-corrected chi connectivity index (χ0v) is 15.2. The summed E-state index contributed by atoms with van der Waals surface area (Å²) in [5.41, 5.74) is 1.00. The van der Waals surface area contributed by atoms with E-state index in [-0.39, 0.29) is 6.04 Å². The Morgan fingerprint density at radius 1 is 1.33 bits per heavy atom. The molecule has 0 aliphatic heterocycles. The highest BCUT2D eigenvalue weighted by molar-refractivity contribution is 9.11. The second-order valence-corrected chi connectivity index (χ2v) is 7.22. The zero-order chi connectivity index (χ0) is 13.1. The molecule has 0 saturated heterocycles. The van der Waals surface area contributed by atoms with Gasteiger partial charge in [-0.2, -0.15) is 0 Å². The third-order valence-electron chi connectivity index (χ3n) is 2.42. The molecule has 2 heterocycles. The smallest absolute Gasteiger partial charge is 0.0867 e. The van der Waals surface area contributed by atoms with Crippen molar-refractivity contribution >= 4 is 59.1 Å². The molecule has 2 nitrogen and oxygen atoms in total. The molecule has 1 unspecified atom stereocenters. The van der Waals surface area contributed by atoms with Gasteiger partial charge in [0.05, 0.1) is 11.7 Å². The first kappa shape index (κ1) is 14.7. The van der Waals surface area contributed by atoms with Gasteiger partial charge in [0.25, 0.3) is 0 Å². The topological polar surface area (TPSA) is 24.9 Å². The summed E-state index contributed by atoms with van der Waals surface area (Å²) in [7, 11) is 0. The molecule has 0 radical (unpaired) electrons. The van der Waals surface area contributed by atoms with Crippen LogP contribution in [0.5, 0.6) is 0 Å². The van der Waals surface area contributed by atoms with Crippen LogP contribution in [0.25, 0.3) is 0 Å². The van der Waals surface area contributed by atoms with Crippen molar-refractivity contribution in [1.82, 2.24) is 10.3 Å². The zero-order valence-electron chi connectivity index (χ0n) is 9.58. The normalized spacial score (nSPS) is 12.7. The van der Waals surface area contributed by atoms with E-state index in [9.17, 15) is 0 Å². The van der Waals surface area contributed by atoms with Crippen LogP contribution in [-0.2, 0) is 0 Å². The number of thiophene rings is 1. The van der Waals surface area contributed by atoms with Crippen molar-refractivity contribution in [3.05, 3.63) is 47.7 Å². The van der Waals surface area contributed by atoms with Gasteiger partial charge in [0.1, 0.15) is 0 Å². The molecule has 0 aliphatic rings. The predicted octanol–water partition coefficient (Wildman–Crippen LogP) is 5.13. The van der Waals surface area contributed by atoms with Gasteiger partial charge in [-0.25, -0.2) is 0 Å². The second kappa shape index (κ2) is 6.61. The minimum Gasteiger partial charge on any atom is -0.305 e. The van der Waals surface area contributed by atoms with Crippen molar-refractivity contribution in [2.45, 2.75) is 13.0 Å². The van der Waals surface area contributed by atoms with Crippen LogP contribution in [0, 0.1) is 0 Å². The molecule has 2 aromatic rings. The Labute approximate surface area is 136 Å². The summed E-state index contributed by atoms with van der Waals surface area (Å²) in [5, 5.41) is 5.55. The van der Waals surface area contributed by atoms with Gasteiger partial charge in [-0.05, 0) is 71.8 Å². The van der Waals surface area contributed by atoms with Crippen LogP contribution in [0.15, 0.2) is 37.1 Å². The number of rotatable bonds is 4. The van der Waals surface area contributed by atoms with Crippen LogP contribution < -0.4 is 5.32 Å². The molecule has 1 atom stereocenters. The van der Waals surface area contributed by atoms with Gasteiger partial charge in [-0.3, -0.25) is 4.98 Å². The lowest BCUT2D eigenvalue weighted by Crippen LogP contribution is -2.22. The number of nitrogens with one attached hydrogen (secondary N) is 1. The van der Waals surface area contributed by atoms with Crippen molar-refractivity contribution in [2.75, 3.05) is 6.54 Å². The van der Waals surface area contributed by atoms with E-state index in [0.717, 1.165) is 25.7 Å². The standard InChI is InChI=1S/C12H11Br3N2S/c1-2-16-11(12-8(14)3-4-18-12)10-9(15)5-7(13)6-17-10/h3-6,11,16H,2H2,1H3. The number of hydrogen-bond donors (Lipinski definition) is 1. The largest absolute Gasteiger partial charge is 0.305 e. The minimum atomic E-state index is 0.104. The second-order valence-electron chi connectivity index (χ2n) is 3.64. The maximum absolute atomic E-state index is 4.52. The highest BCUT2D eigenvalue weighted by Gasteiger charge is 2.21. The van der Waals surface area contributed by atoms with E-state index in [1.807, 2.05) is 12.3 Å². The molecule has 0 saturated carbocycles. The Hall–Kier alpha value is 0.250. The lowest BCUT2D eigenvalue weighted by atomic mass is 10.1. The van der Waals surface area contributed by atoms with E-state index in [2.05, 4.69) is 76.5 Å². The molecule has 0 aromatic carbocycles. The summed E-state index contributed by atoms with van der Waals surface area (Å²) in [6, 6.07) is 4.19. The summed E-state index contributed by atoms with van der Waals surface area (Å²) >= 11 is 12.3. The van der Waals surface area contributed by atoms with Gasteiger partial charge < -0.3 is 5.32 Å². The molecule has 0 aliphatic carbocycles. The monoisotopic (exact) mass is 452 g/mol. The van der Waals surface area contributed by atoms with Gasteiger partial charge in [0, 0.05) is 24.5 Å². The van der Waals surface area contributed by atoms with E-state index in [1.54, 1.807) is 11.3 Å². The highest BCUT2D eigenvalue weighted by atomic mass is 79.9. The first-order valence-corrected chi connectivity index (χ1v) is 8.66. The third-order valence-corrected chi connectivity index (χ3v) is 5.43. The average molecular weight is 455 g/mol. The average Bonchev–Trinajstić information content (AvgIpc) is 2.73. The van der Waals surface area contributed by atoms with Crippen molar-refractivity contribution in [3.8, 4) is 0 Å². The Morgan fingerprint density at radius 2 is 2.11 bits per heavy atom. The first-order chi connectivity index (χ1) is 8.63. The molecular formula is C12H11Br3N2S. The van der Waals surface area contributed by atoms with E-state index >= 15 is 0 Å². The Kier molecular flexibility index (Phi) is 5.38. The molecule has 0 fully saturated rings. The van der Waals surface area contributed by atoms with Crippen molar-refractivity contribution < 1.29 is 0 Å². The molecular weight excluding hydrogens is 444 g/mol. The van der Waals surface area contributed by atoms with E-state index in [1.165, 1.54) is 4.88 Å². The Balaban J connectivity index is 2.45. The third kappa shape index (κ3) is 3.22. The van der Waals surface area contributed by atoms with Crippen LogP contribution in [-0.4, -0.2) is 11.5 Å². The summed E-state index contributed by atoms with van der Waals surface area (Å²) < 4.78 is 3.09. The summed E-state index contributed by atoms with van der Waals surface area (Å²) in [6.07, 6.45) is 1.83. The number of aromatic nitrogens is 1. The van der Waals surface area contributed by atoms with Crippen molar-refractivity contribution in [3.63, 3.8) is 0 Å². The molecule has 96 valence electrons. The fourth-order valence-electron chi connectivity index (χ4n) is 1.67. The maximum Gasteiger partial charge on any atom is 0.0867 e. The number of halogens is 3. The van der Waals surface area contributed by atoms with Crippen LogP contribution in [0.1, 0.15) is 23.5 Å². The number of pyridine rings is 1. The molecule has 0 bridgehead atoms. The minimum absolute atomic E-state index is 0.104. The molecule has 18 heavy (non-hydrogen) atoms. The molecule has 6 heteroatoms. The van der Waals surface area contributed by atoms with Gasteiger partial charge in [-0.15, -0.1) is 11.3 Å². The quantitative estimate of drug-likeness (QED) is 0.692. The van der Waals surface area contributed by atoms with Crippen LogP contribution in [0.2, 0.25) is 0 Å². The summed E-state index contributed by atoms with van der Waals surface area (Å²) in [4.78, 5) is 5.77. The molecule has 0 spiro atoms. The fraction of sp³-hybridized carbons (Fsp3) is 0.250. The molecule has 1 N–H and O–H groups in total. The van der Waals surface area contributed by atoms with Gasteiger partial charge >= 0.3 is 0 Å². The van der Waals surface area contributed by atoms with Gasteiger partial charge in [0.2, 0.25) is 0 Å². The summed E-state index contributed by atoms with van der Waals surface area (Å²) in [6.45, 7) is 2.99. The fourth-order valence-corrected chi connectivity index (χ4v) is 4.56. The molecule has 2 aromatic heterocycles. The Morgan fingerprint density at radius 3 is 2.67 bits per heavy atom. The van der Waals surface area contributed by atoms with Crippen molar-refractivity contribution in [1.29, 1.82) is 0 Å². The van der Waals surface area contributed by atoms with E-state index in [0.29, 0.717) is 0 Å². The number of hydrogen-bond acceptors (Lipinski definition) is 3. The molecule has 2 rings (SSSR count). The first-order valence-electron chi connectivity index (χ1n) is 5.40. The van der Waals surface area contributed by atoms with Gasteiger partial charge in [0.15, 0.2) is 0 Å². The van der Waals surface area contributed by atoms with Crippen LogP contribution in [0.4, 0.5) is 0 Å². The number of nitrogens with zero attached hydrogens (tertiary/aromatic N) is 1. The SMILES string of the molecule is CCNC(c1ncc(Br)cc1Br)c1sccc1Br. The lowest BCUT2D eigenvalue weighted by molar-refractivity contribution is 0.620. The molecule has 0 amide bonds. The van der Waals surface area contributed by atoms with Crippen LogP contribution in [0.3, 0.4) is 0 Å². The van der Waals surface area contributed by atoms with Crippen molar-refractivity contribution in [2.24, 2.45) is 0 Å². The Bertz CT molecular complexity index is 542. The van der Waals surface area contributed by atoms with E-state index < -0.39 is 0 Å². The lowest BCUT2D eigenvalue weighted by Gasteiger charge is -2.18. The van der Waals surface area contributed by atoms with Gasteiger partial charge in [-0.1, -0.05) is 6.92 Å². The summed E-state index contributed by atoms with van der Waals surface area (Å²) in [5.74, 6) is 0. The predicted molar refractivity (Wildman–Crippen MR) is 87.2 cm³/mol.